The molecular formula is C34H48N4O2. The minimum Gasteiger partial charge on any atom is -0.444 e. The van der Waals surface area contributed by atoms with Crippen LogP contribution in [0.25, 0.3) is 10.9 Å². The van der Waals surface area contributed by atoms with Crippen molar-refractivity contribution < 1.29 is 9.53 Å². The largest absolute Gasteiger partial charge is 0.444 e. The maximum atomic E-state index is 12.2. The fourth-order valence-electron chi connectivity index (χ4n) is 5.80. The summed E-state index contributed by atoms with van der Waals surface area (Å²) in [5.41, 5.74) is 9.00. The minimum atomic E-state index is -0.461. The first-order chi connectivity index (χ1) is 19.3. The van der Waals surface area contributed by atoms with Crippen LogP contribution >= 0.6 is 0 Å². The number of allylic oxidation sites excluding steroid dienone is 2. The van der Waals surface area contributed by atoms with Gasteiger partial charge in [-0.3, -0.25) is 0 Å². The van der Waals surface area contributed by atoms with E-state index in [1.54, 1.807) is 4.90 Å². The summed E-state index contributed by atoms with van der Waals surface area (Å²) in [6, 6.07) is 18.0. The van der Waals surface area contributed by atoms with Gasteiger partial charge < -0.3 is 24.8 Å². The van der Waals surface area contributed by atoms with Crippen molar-refractivity contribution in [2.45, 2.75) is 92.3 Å². The summed E-state index contributed by atoms with van der Waals surface area (Å²) in [4.78, 5) is 20.4. The molecule has 0 saturated carbocycles. The third kappa shape index (κ3) is 6.01. The van der Waals surface area contributed by atoms with Crippen molar-refractivity contribution >= 4 is 22.7 Å². The van der Waals surface area contributed by atoms with E-state index in [2.05, 4.69) is 70.7 Å². The zero-order valence-electron chi connectivity index (χ0n) is 25.7. The molecule has 0 bridgehead atoms. The summed E-state index contributed by atoms with van der Waals surface area (Å²) in [5.74, 6) is 0. The lowest BCUT2D eigenvalue weighted by atomic mass is 9.87. The van der Waals surface area contributed by atoms with E-state index in [1.165, 1.54) is 51.8 Å². The van der Waals surface area contributed by atoms with E-state index in [-0.39, 0.29) is 18.2 Å². The quantitative estimate of drug-likeness (QED) is 0.347. The van der Waals surface area contributed by atoms with Crippen LogP contribution in [0.5, 0.6) is 0 Å². The van der Waals surface area contributed by atoms with Gasteiger partial charge in [0.15, 0.2) is 0 Å². The number of benzene rings is 2. The fourth-order valence-corrected chi connectivity index (χ4v) is 5.80. The Morgan fingerprint density at radius 1 is 0.950 bits per heavy atom. The third-order valence-electron chi connectivity index (χ3n) is 7.74. The van der Waals surface area contributed by atoms with Crippen LogP contribution in [-0.2, 0) is 11.2 Å². The standard InChI is InChI=1S/C30H36N4O2.2C2H6/c1-19-9-14-26(19)34-16-15-24-23-7-5-6-8-25(23)32-27(24)28(34)20-10-12-21(13-11-20)31-22-17-33(18-22)29(35)36-30(2,3)4;2*1-2/h5-8,10-13,22,28,31-32H,9,14-18H2,1-4H3;2*1-2H3. The molecule has 6 heteroatoms. The Kier molecular flexibility index (Phi) is 9.17. The number of aromatic nitrogens is 1. The predicted molar refractivity (Wildman–Crippen MR) is 167 cm³/mol. The number of hydrogen-bond acceptors (Lipinski definition) is 4. The first-order valence-corrected chi connectivity index (χ1v) is 15.2. The molecule has 6 rings (SSSR count). The second kappa shape index (κ2) is 12.4. The number of nitrogens with one attached hydrogen (secondary N) is 2. The van der Waals surface area contributed by atoms with Crippen LogP contribution in [-0.4, -0.2) is 52.2 Å². The highest BCUT2D eigenvalue weighted by Crippen LogP contribution is 2.44. The van der Waals surface area contributed by atoms with Gasteiger partial charge in [0.05, 0.1) is 12.1 Å². The number of rotatable bonds is 4. The molecule has 2 N–H and O–H groups in total. The number of hydrogen-bond donors (Lipinski definition) is 2. The number of fused-ring (bicyclic) bond motifs is 3. The SMILES string of the molecule is CC.CC.CC1=C(N2CCc3c([nH]c4ccccc34)C2c2ccc(NC3CN(C(=O)OC(C)(C)C)C3)cc2)CC1. The number of H-pyrrole nitrogens is 1. The Morgan fingerprint density at radius 3 is 2.23 bits per heavy atom. The van der Waals surface area contributed by atoms with E-state index in [9.17, 15) is 4.79 Å². The number of anilines is 1. The molecule has 1 unspecified atom stereocenters. The van der Waals surface area contributed by atoms with Crippen LogP contribution in [0.15, 0.2) is 59.8 Å². The molecule has 2 aliphatic heterocycles. The lowest BCUT2D eigenvalue weighted by Gasteiger charge is -2.43. The Hall–Kier alpha value is -3.41. The Balaban J connectivity index is 0.000000886. The van der Waals surface area contributed by atoms with Crippen molar-refractivity contribution in [2.75, 3.05) is 25.0 Å². The van der Waals surface area contributed by atoms with Crippen LogP contribution in [0.1, 0.15) is 91.1 Å². The molecule has 3 aromatic rings. The van der Waals surface area contributed by atoms with Gasteiger partial charge in [-0.05, 0) is 76.3 Å². The van der Waals surface area contributed by atoms with Gasteiger partial charge in [-0.1, -0.05) is 63.6 Å². The molecule has 1 amide bonds. The summed E-state index contributed by atoms with van der Waals surface area (Å²) >= 11 is 0. The van der Waals surface area contributed by atoms with Gasteiger partial charge in [0.1, 0.15) is 5.60 Å². The molecule has 1 aromatic heterocycles. The molecule has 6 nitrogen and oxygen atoms in total. The van der Waals surface area contributed by atoms with E-state index in [1.807, 2.05) is 48.5 Å². The van der Waals surface area contributed by atoms with Crippen LogP contribution < -0.4 is 5.32 Å². The van der Waals surface area contributed by atoms with Crippen molar-refractivity contribution in [3.63, 3.8) is 0 Å². The Labute approximate surface area is 240 Å². The van der Waals surface area contributed by atoms with Crippen LogP contribution in [0.4, 0.5) is 10.5 Å². The molecule has 3 aliphatic rings. The Bertz CT molecular complexity index is 1330. The number of carbonyl (C=O) groups is 1. The zero-order valence-corrected chi connectivity index (χ0v) is 25.7. The maximum absolute atomic E-state index is 12.2. The van der Waals surface area contributed by atoms with E-state index < -0.39 is 5.60 Å². The average Bonchev–Trinajstić information content (AvgIpc) is 3.30. The molecule has 1 fully saturated rings. The Morgan fingerprint density at radius 2 is 1.62 bits per heavy atom. The van der Waals surface area contributed by atoms with Crippen molar-refractivity contribution in [1.82, 2.24) is 14.8 Å². The monoisotopic (exact) mass is 544 g/mol. The fraction of sp³-hybridized carbons (Fsp3) is 0.500. The molecule has 1 saturated heterocycles. The smallest absolute Gasteiger partial charge is 0.410 e. The second-order valence-corrected chi connectivity index (χ2v) is 11.5. The number of carbonyl (C=O) groups excluding carboxylic acids is 1. The average molecular weight is 545 g/mol. The molecule has 0 spiro atoms. The van der Waals surface area contributed by atoms with Crippen LogP contribution in [0.3, 0.4) is 0 Å². The minimum absolute atomic E-state index is 0.201. The van der Waals surface area contributed by atoms with E-state index >= 15 is 0 Å². The third-order valence-corrected chi connectivity index (χ3v) is 7.74. The number of ether oxygens (including phenoxy) is 1. The van der Waals surface area contributed by atoms with Gasteiger partial charge in [0, 0.05) is 47.6 Å². The summed E-state index contributed by atoms with van der Waals surface area (Å²) in [6.45, 7) is 18.4. The zero-order chi connectivity index (χ0) is 29.0. The number of likely N-dealkylation sites (tertiary alicyclic amines) is 1. The van der Waals surface area contributed by atoms with Gasteiger partial charge in [-0.25, -0.2) is 4.79 Å². The van der Waals surface area contributed by atoms with Crippen LogP contribution in [0, 0.1) is 0 Å². The van der Waals surface area contributed by atoms with Gasteiger partial charge in [-0.2, -0.15) is 0 Å². The van der Waals surface area contributed by atoms with Gasteiger partial charge in [-0.15, -0.1) is 0 Å². The molecule has 0 radical (unpaired) electrons. The second-order valence-electron chi connectivity index (χ2n) is 11.5. The van der Waals surface area contributed by atoms with Crippen molar-refractivity contribution in [3.8, 4) is 0 Å². The first kappa shape index (κ1) is 29.6. The maximum Gasteiger partial charge on any atom is 0.410 e. The highest BCUT2D eigenvalue weighted by Gasteiger charge is 2.36. The van der Waals surface area contributed by atoms with E-state index in [0.717, 1.165) is 18.7 Å². The molecule has 216 valence electrons. The van der Waals surface area contributed by atoms with Crippen LogP contribution in [0.2, 0.25) is 0 Å². The molecule has 3 heterocycles. The normalized spacial score (nSPS) is 18.4. The van der Waals surface area contributed by atoms with Crippen molar-refractivity contribution in [3.05, 3.63) is 76.6 Å². The molecule has 40 heavy (non-hydrogen) atoms. The van der Waals surface area contributed by atoms with Crippen molar-refractivity contribution in [2.24, 2.45) is 0 Å². The van der Waals surface area contributed by atoms with Crippen molar-refractivity contribution in [1.29, 1.82) is 0 Å². The molecule has 1 atom stereocenters. The molecule has 2 aromatic carbocycles. The topological polar surface area (TPSA) is 60.6 Å². The number of amides is 1. The lowest BCUT2D eigenvalue weighted by Crippen LogP contribution is -2.57. The van der Waals surface area contributed by atoms with Gasteiger partial charge in [0.2, 0.25) is 0 Å². The van der Waals surface area contributed by atoms with Gasteiger partial charge in [0.25, 0.3) is 0 Å². The predicted octanol–water partition coefficient (Wildman–Crippen LogP) is 8.27. The lowest BCUT2D eigenvalue weighted by molar-refractivity contribution is 0.0105. The van der Waals surface area contributed by atoms with E-state index in [4.69, 9.17) is 4.74 Å². The molecule has 1 aliphatic carbocycles. The summed E-state index contributed by atoms with van der Waals surface area (Å²) < 4.78 is 5.47. The summed E-state index contributed by atoms with van der Waals surface area (Å²) in [5, 5.41) is 4.94. The first-order valence-electron chi connectivity index (χ1n) is 15.2. The summed E-state index contributed by atoms with van der Waals surface area (Å²) in [7, 11) is 0. The summed E-state index contributed by atoms with van der Waals surface area (Å²) in [6.07, 6.45) is 3.22. The molecular weight excluding hydrogens is 496 g/mol. The highest BCUT2D eigenvalue weighted by atomic mass is 16.6. The number of aromatic amines is 1. The highest BCUT2D eigenvalue weighted by molar-refractivity contribution is 5.85. The van der Waals surface area contributed by atoms with Gasteiger partial charge >= 0.3 is 6.09 Å². The van der Waals surface area contributed by atoms with E-state index in [0.29, 0.717) is 13.1 Å². The number of para-hydroxylation sites is 1. The number of nitrogens with zero attached hydrogens (tertiary/aromatic N) is 2.